The molecule has 0 unspecified atom stereocenters. The van der Waals surface area contributed by atoms with Crippen molar-refractivity contribution >= 4 is 0 Å². The molecule has 0 amide bonds. The van der Waals surface area contributed by atoms with Crippen molar-refractivity contribution in [3.63, 3.8) is 0 Å². The fraction of sp³-hybridized carbons (Fsp3) is 0.500. The summed E-state index contributed by atoms with van der Waals surface area (Å²) < 4.78 is 16.0. The van der Waals surface area contributed by atoms with Crippen LogP contribution >= 0.6 is 0 Å². The van der Waals surface area contributed by atoms with Gasteiger partial charge < -0.3 is 19.5 Å². The summed E-state index contributed by atoms with van der Waals surface area (Å²) in [6, 6.07) is 7.69. The van der Waals surface area contributed by atoms with Crippen LogP contribution in [0, 0.1) is 0 Å². The number of methoxy groups -OCH3 is 1. The maximum Gasteiger partial charge on any atom is 0.123 e. The predicted octanol–water partition coefficient (Wildman–Crippen LogP) is 1.06. The summed E-state index contributed by atoms with van der Waals surface area (Å²) in [6.45, 7) is 3.05. The van der Waals surface area contributed by atoms with Crippen LogP contribution in [-0.2, 0) is 4.74 Å². The predicted molar refractivity (Wildman–Crippen MR) is 61.1 cm³/mol. The molecule has 0 aliphatic carbocycles. The lowest BCUT2D eigenvalue weighted by atomic mass is 10.2. The first-order valence-electron chi connectivity index (χ1n) is 5.47. The van der Waals surface area contributed by atoms with Crippen molar-refractivity contribution in [1.29, 1.82) is 0 Å². The number of hydrogen-bond acceptors (Lipinski definition) is 4. The summed E-state index contributed by atoms with van der Waals surface area (Å²) in [4.78, 5) is 0. The number of ether oxygens (including phenoxy) is 3. The standard InChI is InChI=1S/C12H17NO3/c1-14-6-7-15-10-2-4-11(5-3-10)16-12-8-13-9-12/h2-5,12-13H,6-9H2,1H3. The Hall–Kier alpha value is -1.26. The molecule has 1 aliphatic rings. The van der Waals surface area contributed by atoms with Gasteiger partial charge in [-0.25, -0.2) is 0 Å². The summed E-state index contributed by atoms with van der Waals surface area (Å²) >= 11 is 0. The first-order chi connectivity index (χ1) is 7.88. The Labute approximate surface area is 95.5 Å². The zero-order chi connectivity index (χ0) is 11.2. The third-order valence-electron chi connectivity index (χ3n) is 2.43. The third-order valence-corrected chi connectivity index (χ3v) is 2.43. The monoisotopic (exact) mass is 223 g/mol. The van der Waals surface area contributed by atoms with Crippen LogP contribution in [0.2, 0.25) is 0 Å². The number of nitrogens with one attached hydrogen (secondary N) is 1. The van der Waals surface area contributed by atoms with Crippen molar-refractivity contribution < 1.29 is 14.2 Å². The Morgan fingerprint density at radius 3 is 2.38 bits per heavy atom. The Morgan fingerprint density at radius 2 is 1.81 bits per heavy atom. The summed E-state index contributed by atoms with van der Waals surface area (Å²) in [6.07, 6.45) is 0.320. The summed E-state index contributed by atoms with van der Waals surface area (Å²) in [5.41, 5.74) is 0. The number of benzene rings is 1. The topological polar surface area (TPSA) is 39.7 Å². The highest BCUT2D eigenvalue weighted by atomic mass is 16.5. The fourth-order valence-electron chi connectivity index (χ4n) is 1.40. The van der Waals surface area contributed by atoms with Gasteiger partial charge in [0.15, 0.2) is 0 Å². The quantitative estimate of drug-likeness (QED) is 0.732. The molecule has 2 rings (SSSR count). The zero-order valence-corrected chi connectivity index (χ0v) is 9.44. The lowest BCUT2D eigenvalue weighted by Gasteiger charge is -2.27. The molecule has 4 heteroatoms. The summed E-state index contributed by atoms with van der Waals surface area (Å²) in [7, 11) is 1.66. The summed E-state index contributed by atoms with van der Waals surface area (Å²) in [5, 5.41) is 3.16. The maximum absolute atomic E-state index is 5.69. The van der Waals surface area contributed by atoms with Crippen LogP contribution in [0.15, 0.2) is 24.3 Å². The van der Waals surface area contributed by atoms with Gasteiger partial charge in [0.05, 0.1) is 6.61 Å². The average molecular weight is 223 g/mol. The average Bonchev–Trinajstić information content (AvgIpc) is 2.26. The van der Waals surface area contributed by atoms with Crippen molar-refractivity contribution in [3.8, 4) is 11.5 Å². The SMILES string of the molecule is COCCOc1ccc(OC2CNC2)cc1. The Kier molecular flexibility index (Phi) is 4.02. The van der Waals surface area contributed by atoms with Crippen molar-refractivity contribution in [1.82, 2.24) is 5.32 Å². The molecule has 0 spiro atoms. The Balaban J connectivity index is 1.78. The van der Waals surface area contributed by atoms with Gasteiger partial charge >= 0.3 is 0 Å². The first kappa shape index (κ1) is 11.2. The van der Waals surface area contributed by atoms with E-state index in [1.165, 1.54) is 0 Å². The molecule has 88 valence electrons. The van der Waals surface area contributed by atoms with Crippen LogP contribution in [0.4, 0.5) is 0 Å². The van der Waals surface area contributed by atoms with Crippen LogP contribution in [0.25, 0.3) is 0 Å². The van der Waals surface area contributed by atoms with Gasteiger partial charge in [-0.2, -0.15) is 0 Å². The van der Waals surface area contributed by atoms with E-state index in [1.54, 1.807) is 7.11 Å². The van der Waals surface area contributed by atoms with Gasteiger partial charge in [0.25, 0.3) is 0 Å². The number of hydrogen-bond donors (Lipinski definition) is 1. The summed E-state index contributed by atoms with van der Waals surface area (Å²) in [5.74, 6) is 1.74. The zero-order valence-electron chi connectivity index (χ0n) is 9.44. The largest absolute Gasteiger partial charge is 0.491 e. The second-order valence-electron chi connectivity index (χ2n) is 3.71. The molecule has 0 radical (unpaired) electrons. The second kappa shape index (κ2) is 5.72. The van der Waals surface area contributed by atoms with E-state index in [4.69, 9.17) is 14.2 Å². The fourth-order valence-corrected chi connectivity index (χ4v) is 1.40. The van der Waals surface area contributed by atoms with Crippen molar-refractivity contribution in [2.45, 2.75) is 6.10 Å². The maximum atomic E-state index is 5.69. The minimum Gasteiger partial charge on any atom is -0.491 e. The van der Waals surface area contributed by atoms with Crippen LogP contribution in [0.3, 0.4) is 0 Å². The third kappa shape index (κ3) is 3.12. The van der Waals surface area contributed by atoms with Crippen LogP contribution in [0.5, 0.6) is 11.5 Å². The number of rotatable bonds is 6. The van der Waals surface area contributed by atoms with Gasteiger partial charge in [-0.15, -0.1) is 0 Å². The minimum atomic E-state index is 0.320. The van der Waals surface area contributed by atoms with E-state index in [9.17, 15) is 0 Å². The lowest BCUT2D eigenvalue weighted by Crippen LogP contribution is -2.50. The molecule has 4 nitrogen and oxygen atoms in total. The molecule has 1 heterocycles. The molecule has 0 aromatic heterocycles. The van der Waals surface area contributed by atoms with Crippen LogP contribution in [0.1, 0.15) is 0 Å². The molecule has 1 fully saturated rings. The van der Waals surface area contributed by atoms with E-state index < -0.39 is 0 Å². The molecule has 1 saturated heterocycles. The van der Waals surface area contributed by atoms with Crippen molar-refractivity contribution in [3.05, 3.63) is 24.3 Å². The lowest BCUT2D eigenvalue weighted by molar-refractivity contribution is 0.140. The molecule has 0 atom stereocenters. The molecular formula is C12H17NO3. The van der Waals surface area contributed by atoms with E-state index >= 15 is 0 Å². The molecule has 1 N–H and O–H groups in total. The molecule has 0 bridgehead atoms. The van der Waals surface area contributed by atoms with E-state index in [2.05, 4.69) is 5.32 Å². The highest BCUT2D eigenvalue weighted by Gasteiger charge is 2.17. The van der Waals surface area contributed by atoms with Gasteiger partial charge in [-0.05, 0) is 24.3 Å². The molecule has 1 aromatic carbocycles. The Bertz CT molecular complexity index is 309. The van der Waals surface area contributed by atoms with Crippen molar-refractivity contribution in [2.24, 2.45) is 0 Å². The van der Waals surface area contributed by atoms with Crippen LogP contribution < -0.4 is 14.8 Å². The highest BCUT2D eigenvalue weighted by Crippen LogP contribution is 2.19. The van der Waals surface area contributed by atoms with E-state index in [0.717, 1.165) is 24.6 Å². The van der Waals surface area contributed by atoms with Gasteiger partial charge in [-0.3, -0.25) is 0 Å². The minimum absolute atomic E-state index is 0.320. The van der Waals surface area contributed by atoms with Gasteiger partial charge in [0.1, 0.15) is 24.2 Å². The molecule has 1 aliphatic heterocycles. The first-order valence-corrected chi connectivity index (χ1v) is 5.47. The molecule has 0 saturated carbocycles. The molecule has 1 aromatic rings. The van der Waals surface area contributed by atoms with Crippen LogP contribution in [-0.4, -0.2) is 39.5 Å². The Morgan fingerprint density at radius 1 is 1.12 bits per heavy atom. The molecule has 16 heavy (non-hydrogen) atoms. The second-order valence-corrected chi connectivity index (χ2v) is 3.71. The van der Waals surface area contributed by atoms with Gasteiger partial charge in [0, 0.05) is 20.2 Å². The smallest absolute Gasteiger partial charge is 0.123 e. The molecular weight excluding hydrogens is 206 g/mol. The van der Waals surface area contributed by atoms with Gasteiger partial charge in [0.2, 0.25) is 0 Å². The normalized spacial score (nSPS) is 15.6. The van der Waals surface area contributed by atoms with E-state index in [-0.39, 0.29) is 0 Å². The van der Waals surface area contributed by atoms with Crippen molar-refractivity contribution in [2.75, 3.05) is 33.4 Å². The van der Waals surface area contributed by atoms with Gasteiger partial charge in [-0.1, -0.05) is 0 Å². The highest BCUT2D eigenvalue weighted by molar-refractivity contribution is 5.31. The van der Waals surface area contributed by atoms with E-state index in [1.807, 2.05) is 24.3 Å². The van der Waals surface area contributed by atoms with E-state index in [0.29, 0.717) is 19.3 Å².